The molecule has 0 aromatic carbocycles. The van der Waals surface area contributed by atoms with Crippen LogP contribution in [0.25, 0.3) is 0 Å². The second-order valence-electron chi connectivity index (χ2n) is 2.84. The molecule has 10 heavy (non-hydrogen) atoms. The maximum absolute atomic E-state index is 10.9. The largest absolute Gasteiger partial charge is 0.212 e. The van der Waals surface area contributed by atoms with Gasteiger partial charge in [0.2, 0.25) is 10.0 Å². The second-order valence-corrected chi connectivity index (χ2v) is 4.88. The van der Waals surface area contributed by atoms with Crippen LogP contribution in [0, 0.1) is 5.92 Å². The number of hydrogen-bond donors (Lipinski definition) is 1. The van der Waals surface area contributed by atoms with Crippen molar-refractivity contribution in [2.24, 2.45) is 5.92 Å². The summed E-state index contributed by atoms with van der Waals surface area (Å²) in [5.41, 5.74) is 0. The number of hydrogen-bond acceptors (Lipinski definition) is 2. The van der Waals surface area contributed by atoms with Gasteiger partial charge in [-0.25, -0.2) is 13.1 Å². The Kier molecular flexibility index (Phi) is 2.01. The first kappa shape index (κ1) is 8.01. The van der Waals surface area contributed by atoms with Crippen LogP contribution >= 0.6 is 0 Å². The summed E-state index contributed by atoms with van der Waals surface area (Å²) in [5, 5.41) is 0. The molecule has 0 heterocycles. The fraction of sp³-hybridized carbons (Fsp3) is 1.00. The first-order chi connectivity index (χ1) is 4.55. The molecule has 0 bridgehead atoms. The van der Waals surface area contributed by atoms with Crippen LogP contribution in [0.5, 0.6) is 0 Å². The lowest BCUT2D eigenvalue weighted by Crippen LogP contribution is -2.28. The summed E-state index contributed by atoms with van der Waals surface area (Å²) in [6.07, 6.45) is 0.999. The molecule has 3 nitrogen and oxygen atoms in total. The first-order valence-corrected chi connectivity index (χ1v) is 5.20. The van der Waals surface area contributed by atoms with Gasteiger partial charge in [-0.15, -0.1) is 0 Å². The number of nitrogens with one attached hydrogen (secondary N) is 1. The molecule has 0 spiro atoms. The number of sulfonamides is 1. The summed E-state index contributed by atoms with van der Waals surface area (Å²) in [5.74, 6) is 0.734. The van der Waals surface area contributed by atoms with Crippen LogP contribution in [0.4, 0.5) is 0 Å². The van der Waals surface area contributed by atoms with E-state index in [2.05, 4.69) is 4.72 Å². The summed E-state index contributed by atoms with van der Waals surface area (Å²) >= 11 is 0. The molecule has 4 heteroatoms. The summed E-state index contributed by atoms with van der Waals surface area (Å²) in [6.45, 7) is 3.69. The zero-order valence-electron chi connectivity index (χ0n) is 6.29. The smallest absolute Gasteiger partial charge is 0.211 e. The molecule has 0 aromatic heterocycles. The van der Waals surface area contributed by atoms with Gasteiger partial charge >= 0.3 is 0 Å². The molecule has 1 fully saturated rings. The van der Waals surface area contributed by atoms with Crippen molar-refractivity contribution in [1.29, 1.82) is 0 Å². The van der Waals surface area contributed by atoms with Gasteiger partial charge in [-0.05, 0) is 19.3 Å². The summed E-state index contributed by atoms with van der Waals surface area (Å²) in [6, 6.07) is 0.227. The molecule has 1 saturated carbocycles. The van der Waals surface area contributed by atoms with Crippen LogP contribution in [0.3, 0.4) is 0 Å². The van der Waals surface area contributed by atoms with Crippen LogP contribution in [-0.2, 0) is 10.0 Å². The lowest BCUT2D eigenvalue weighted by atomic mass is 10.5. The Hall–Kier alpha value is -0.0900. The van der Waals surface area contributed by atoms with Gasteiger partial charge in [-0.3, -0.25) is 0 Å². The Morgan fingerprint density at radius 3 is 2.40 bits per heavy atom. The predicted octanol–water partition coefficient (Wildman–Crippen LogP) is 0.334. The van der Waals surface area contributed by atoms with E-state index in [-0.39, 0.29) is 11.8 Å². The third-order valence-corrected chi connectivity index (χ3v) is 3.24. The fourth-order valence-electron chi connectivity index (χ4n) is 0.800. The van der Waals surface area contributed by atoms with E-state index in [0.29, 0.717) is 5.92 Å². The van der Waals surface area contributed by atoms with Crippen molar-refractivity contribution in [2.75, 3.05) is 5.75 Å². The van der Waals surface area contributed by atoms with Gasteiger partial charge in [-0.2, -0.15) is 0 Å². The average molecular weight is 163 g/mol. The molecule has 0 aliphatic heterocycles. The van der Waals surface area contributed by atoms with Crippen LogP contribution in [0.1, 0.15) is 20.3 Å². The minimum absolute atomic E-state index is 0.191. The van der Waals surface area contributed by atoms with E-state index < -0.39 is 10.0 Å². The van der Waals surface area contributed by atoms with Gasteiger partial charge < -0.3 is 0 Å². The standard InChI is InChI=1S/C6H13NO2S/c1-3-10(8,9)7-6-4-5(6)2/h5-7H,3-4H2,1-2H3/t5-,6-/m1/s1. The van der Waals surface area contributed by atoms with Crippen molar-refractivity contribution < 1.29 is 8.42 Å². The minimum atomic E-state index is -2.94. The quantitative estimate of drug-likeness (QED) is 0.652. The Labute approximate surface area is 61.9 Å². The van der Waals surface area contributed by atoms with Gasteiger partial charge in [0.1, 0.15) is 0 Å². The molecule has 0 unspecified atom stereocenters. The van der Waals surface area contributed by atoms with Crippen molar-refractivity contribution in [2.45, 2.75) is 26.3 Å². The molecule has 0 saturated heterocycles. The zero-order chi connectivity index (χ0) is 7.78. The molecular weight excluding hydrogens is 150 g/mol. The molecule has 60 valence electrons. The molecule has 2 atom stereocenters. The van der Waals surface area contributed by atoms with Crippen molar-refractivity contribution in [3.8, 4) is 0 Å². The first-order valence-electron chi connectivity index (χ1n) is 3.55. The topological polar surface area (TPSA) is 46.2 Å². The SMILES string of the molecule is CCS(=O)(=O)N[C@@H]1C[C@H]1C. The lowest BCUT2D eigenvalue weighted by molar-refractivity contribution is 0.579. The monoisotopic (exact) mass is 163 g/mol. The number of rotatable bonds is 3. The Morgan fingerprint density at radius 2 is 2.10 bits per heavy atom. The maximum Gasteiger partial charge on any atom is 0.211 e. The highest BCUT2D eigenvalue weighted by Gasteiger charge is 2.35. The molecular formula is C6H13NO2S. The highest BCUT2D eigenvalue weighted by atomic mass is 32.2. The highest BCUT2D eigenvalue weighted by molar-refractivity contribution is 7.89. The maximum atomic E-state index is 10.9. The van der Waals surface area contributed by atoms with Crippen LogP contribution in [0.15, 0.2) is 0 Å². The van der Waals surface area contributed by atoms with Gasteiger partial charge in [-0.1, -0.05) is 6.92 Å². The molecule has 1 rings (SSSR count). The normalized spacial score (nSPS) is 32.2. The molecule has 0 radical (unpaired) electrons. The average Bonchev–Trinajstić information content (AvgIpc) is 2.46. The molecule has 0 amide bonds. The van der Waals surface area contributed by atoms with E-state index in [1.807, 2.05) is 6.92 Å². The van der Waals surface area contributed by atoms with Crippen LogP contribution < -0.4 is 4.72 Å². The van der Waals surface area contributed by atoms with E-state index in [1.165, 1.54) is 0 Å². The molecule has 1 N–H and O–H groups in total. The minimum Gasteiger partial charge on any atom is -0.212 e. The van der Waals surface area contributed by atoms with Crippen molar-refractivity contribution in [3.05, 3.63) is 0 Å². The fourth-order valence-corrected chi connectivity index (χ4v) is 1.76. The Balaban J connectivity index is 2.39. The second kappa shape index (κ2) is 2.51. The highest BCUT2D eigenvalue weighted by Crippen LogP contribution is 2.29. The van der Waals surface area contributed by atoms with Crippen molar-refractivity contribution in [1.82, 2.24) is 4.72 Å². The van der Waals surface area contributed by atoms with Gasteiger partial charge in [0, 0.05) is 6.04 Å². The van der Waals surface area contributed by atoms with Crippen molar-refractivity contribution in [3.63, 3.8) is 0 Å². The Bertz CT molecular complexity index is 210. The summed E-state index contributed by atoms with van der Waals surface area (Å²) < 4.78 is 24.4. The van der Waals surface area contributed by atoms with Gasteiger partial charge in [0.15, 0.2) is 0 Å². The Morgan fingerprint density at radius 1 is 1.60 bits per heavy atom. The molecule has 0 aromatic rings. The summed E-state index contributed by atoms with van der Waals surface area (Å²) in [4.78, 5) is 0. The van der Waals surface area contributed by atoms with Gasteiger partial charge in [0.05, 0.1) is 5.75 Å². The van der Waals surface area contributed by atoms with E-state index in [1.54, 1.807) is 6.92 Å². The van der Waals surface area contributed by atoms with Gasteiger partial charge in [0.25, 0.3) is 0 Å². The van der Waals surface area contributed by atoms with E-state index in [9.17, 15) is 8.42 Å². The van der Waals surface area contributed by atoms with Crippen LogP contribution in [-0.4, -0.2) is 20.2 Å². The van der Waals surface area contributed by atoms with Crippen molar-refractivity contribution >= 4 is 10.0 Å². The molecule has 1 aliphatic carbocycles. The van der Waals surface area contributed by atoms with E-state index in [4.69, 9.17) is 0 Å². The molecule has 1 aliphatic rings. The van der Waals surface area contributed by atoms with E-state index >= 15 is 0 Å². The third-order valence-electron chi connectivity index (χ3n) is 1.82. The van der Waals surface area contributed by atoms with E-state index in [0.717, 1.165) is 6.42 Å². The third kappa shape index (κ3) is 1.95. The summed E-state index contributed by atoms with van der Waals surface area (Å²) in [7, 11) is -2.94. The predicted molar refractivity (Wildman–Crippen MR) is 40.2 cm³/mol. The lowest BCUT2D eigenvalue weighted by Gasteiger charge is -2.00. The zero-order valence-corrected chi connectivity index (χ0v) is 7.11. The van der Waals surface area contributed by atoms with Crippen LogP contribution in [0.2, 0.25) is 0 Å².